The standard InChI is InChI=1S/C29H24F3N7O2/c30-21-4-1-5-23(25(21)32)41-19-8-9-20(22(31)12-19)26-24-27(34)35-15-36-28(24)39(37-26)14-18-3-2-10-38(18)29(40)17(13-33)11-16-6-7-16/h1,4-5,8-9,11-12,15-16,18H,2-3,6-7,10,14H2,(H2,34,35,36). The van der Waals surface area contributed by atoms with Gasteiger partial charge in [0.15, 0.2) is 17.2 Å². The molecule has 1 saturated heterocycles. The normalized spacial score (nSPS) is 17.2. The third kappa shape index (κ3) is 5.06. The summed E-state index contributed by atoms with van der Waals surface area (Å²) in [6.45, 7) is 0.765. The van der Waals surface area contributed by atoms with E-state index in [2.05, 4.69) is 15.1 Å². The number of nitrogens with two attached hydrogens (primary N) is 1. The van der Waals surface area contributed by atoms with Crippen molar-refractivity contribution in [3.8, 4) is 28.8 Å². The number of amides is 1. The molecule has 0 bridgehead atoms. The molecule has 1 atom stereocenters. The fourth-order valence-electron chi connectivity index (χ4n) is 5.09. The van der Waals surface area contributed by atoms with Crippen LogP contribution in [0.15, 0.2) is 54.4 Å². The van der Waals surface area contributed by atoms with E-state index in [0.717, 1.165) is 31.4 Å². The number of benzene rings is 2. The quantitative estimate of drug-likeness (QED) is 0.246. The molecule has 1 aliphatic carbocycles. The zero-order valence-electron chi connectivity index (χ0n) is 21.7. The van der Waals surface area contributed by atoms with E-state index in [9.17, 15) is 18.8 Å². The first-order valence-electron chi connectivity index (χ1n) is 13.2. The number of hydrogen-bond donors (Lipinski definition) is 1. The predicted molar refractivity (Wildman–Crippen MR) is 143 cm³/mol. The second kappa shape index (κ2) is 10.6. The van der Waals surface area contributed by atoms with Crippen molar-refractivity contribution in [1.29, 1.82) is 5.26 Å². The topological polar surface area (TPSA) is 123 Å². The predicted octanol–water partition coefficient (Wildman–Crippen LogP) is 5.14. The Morgan fingerprint density at radius 3 is 2.73 bits per heavy atom. The maximum Gasteiger partial charge on any atom is 0.264 e. The average molecular weight is 560 g/mol. The summed E-state index contributed by atoms with van der Waals surface area (Å²) in [7, 11) is 0. The van der Waals surface area contributed by atoms with Gasteiger partial charge in [-0.15, -0.1) is 0 Å². The molecule has 3 heterocycles. The van der Waals surface area contributed by atoms with Gasteiger partial charge in [0, 0.05) is 18.2 Å². The molecule has 0 spiro atoms. The average Bonchev–Trinajstić information content (AvgIpc) is 3.54. The second-order valence-electron chi connectivity index (χ2n) is 10.1. The molecular formula is C29H24F3N7O2. The Bertz CT molecular complexity index is 1740. The highest BCUT2D eigenvalue weighted by Gasteiger charge is 2.33. The summed E-state index contributed by atoms with van der Waals surface area (Å²) in [6, 6.07) is 9.10. The number of carbonyl (C=O) groups is 1. The van der Waals surface area contributed by atoms with E-state index in [1.807, 2.05) is 6.07 Å². The number of rotatable bonds is 7. The minimum Gasteiger partial charge on any atom is -0.454 e. The third-order valence-corrected chi connectivity index (χ3v) is 7.30. The summed E-state index contributed by atoms with van der Waals surface area (Å²) in [4.78, 5) is 23.3. The van der Waals surface area contributed by atoms with Gasteiger partial charge < -0.3 is 15.4 Å². The van der Waals surface area contributed by atoms with Crippen molar-refractivity contribution in [1.82, 2.24) is 24.6 Å². The lowest BCUT2D eigenvalue weighted by molar-refractivity contribution is -0.127. The molecule has 2 fully saturated rings. The number of anilines is 1. The zero-order chi connectivity index (χ0) is 28.7. The van der Waals surface area contributed by atoms with Crippen molar-refractivity contribution in [2.24, 2.45) is 5.92 Å². The summed E-state index contributed by atoms with van der Waals surface area (Å²) in [5.74, 6) is -3.36. The lowest BCUT2D eigenvalue weighted by Crippen LogP contribution is -2.39. The first-order chi connectivity index (χ1) is 19.8. The highest BCUT2D eigenvalue weighted by molar-refractivity contribution is 5.99. The van der Waals surface area contributed by atoms with E-state index in [-0.39, 0.29) is 58.6 Å². The molecule has 1 saturated carbocycles. The van der Waals surface area contributed by atoms with Gasteiger partial charge in [-0.25, -0.2) is 23.4 Å². The van der Waals surface area contributed by atoms with Gasteiger partial charge >= 0.3 is 0 Å². The molecule has 4 aromatic rings. The van der Waals surface area contributed by atoms with Crippen molar-refractivity contribution in [3.05, 3.63) is 71.8 Å². The highest BCUT2D eigenvalue weighted by Crippen LogP contribution is 2.36. The van der Waals surface area contributed by atoms with E-state index in [1.54, 1.807) is 15.7 Å². The monoisotopic (exact) mass is 559 g/mol. The number of fused-ring (bicyclic) bond motifs is 1. The maximum atomic E-state index is 15.4. The molecule has 2 N–H and O–H groups in total. The Morgan fingerprint density at radius 2 is 1.98 bits per heavy atom. The van der Waals surface area contributed by atoms with Crippen LogP contribution >= 0.6 is 0 Å². The van der Waals surface area contributed by atoms with Crippen LogP contribution in [0.25, 0.3) is 22.3 Å². The van der Waals surface area contributed by atoms with Gasteiger partial charge in [0.05, 0.1) is 18.0 Å². The largest absolute Gasteiger partial charge is 0.454 e. The molecule has 12 heteroatoms. The molecule has 1 aliphatic heterocycles. The Labute approximate surface area is 232 Å². The minimum atomic E-state index is -1.18. The number of nitriles is 1. The number of aromatic nitrogens is 4. The molecule has 0 radical (unpaired) electrons. The molecule has 2 aliphatic rings. The van der Waals surface area contributed by atoms with Gasteiger partial charge in [-0.3, -0.25) is 4.79 Å². The van der Waals surface area contributed by atoms with Crippen molar-refractivity contribution in [2.75, 3.05) is 12.3 Å². The molecule has 6 rings (SSSR count). The van der Waals surface area contributed by atoms with E-state index in [1.165, 1.54) is 30.6 Å². The summed E-state index contributed by atoms with van der Waals surface area (Å²) in [5, 5.41) is 14.5. The van der Waals surface area contributed by atoms with E-state index >= 15 is 4.39 Å². The number of nitrogens with zero attached hydrogens (tertiary/aromatic N) is 6. The van der Waals surface area contributed by atoms with Crippen LogP contribution in [-0.2, 0) is 11.3 Å². The number of likely N-dealkylation sites (tertiary alicyclic amines) is 1. The Hall–Kier alpha value is -4.92. The minimum absolute atomic E-state index is 0.0450. The van der Waals surface area contributed by atoms with Crippen LogP contribution in [0.2, 0.25) is 0 Å². The Kier molecular flexibility index (Phi) is 6.78. The summed E-state index contributed by atoms with van der Waals surface area (Å²) in [5.41, 5.74) is 6.95. The third-order valence-electron chi connectivity index (χ3n) is 7.30. The number of hydrogen-bond acceptors (Lipinski definition) is 7. The van der Waals surface area contributed by atoms with Crippen LogP contribution in [0, 0.1) is 34.7 Å². The number of allylic oxidation sites excluding steroid dienone is 1. The van der Waals surface area contributed by atoms with Crippen LogP contribution in [-0.4, -0.2) is 43.1 Å². The van der Waals surface area contributed by atoms with Gasteiger partial charge in [0.25, 0.3) is 5.91 Å². The molecule has 9 nitrogen and oxygen atoms in total. The summed E-state index contributed by atoms with van der Waals surface area (Å²) in [6.07, 6.45) is 6.47. The van der Waals surface area contributed by atoms with Crippen LogP contribution in [0.5, 0.6) is 11.5 Å². The van der Waals surface area contributed by atoms with Gasteiger partial charge in [0.2, 0.25) is 5.82 Å². The Morgan fingerprint density at radius 1 is 1.15 bits per heavy atom. The van der Waals surface area contributed by atoms with E-state index < -0.39 is 17.5 Å². The zero-order valence-corrected chi connectivity index (χ0v) is 21.7. The van der Waals surface area contributed by atoms with Crippen molar-refractivity contribution in [2.45, 2.75) is 38.3 Å². The van der Waals surface area contributed by atoms with E-state index in [0.29, 0.717) is 24.0 Å². The number of halogens is 3. The lowest BCUT2D eigenvalue weighted by Gasteiger charge is -2.24. The van der Waals surface area contributed by atoms with Crippen LogP contribution in [0.4, 0.5) is 19.0 Å². The molecule has 208 valence electrons. The second-order valence-corrected chi connectivity index (χ2v) is 10.1. The smallest absolute Gasteiger partial charge is 0.264 e. The fourth-order valence-corrected chi connectivity index (χ4v) is 5.09. The lowest BCUT2D eigenvalue weighted by atomic mass is 10.1. The van der Waals surface area contributed by atoms with Gasteiger partial charge in [-0.05, 0) is 55.9 Å². The van der Waals surface area contributed by atoms with Gasteiger partial charge in [-0.1, -0.05) is 12.1 Å². The Balaban J connectivity index is 1.32. The van der Waals surface area contributed by atoms with Crippen LogP contribution in [0.1, 0.15) is 25.7 Å². The highest BCUT2D eigenvalue weighted by atomic mass is 19.2. The van der Waals surface area contributed by atoms with Gasteiger partial charge in [0.1, 0.15) is 41.0 Å². The fraction of sp³-hybridized carbons (Fsp3) is 0.276. The van der Waals surface area contributed by atoms with E-state index in [4.69, 9.17) is 10.5 Å². The molecule has 1 unspecified atom stereocenters. The SMILES string of the molecule is N#CC(=CC1CC1)C(=O)N1CCCC1Cn1nc(-c2ccc(Oc3cccc(F)c3F)cc2F)c2c(N)ncnc21. The van der Waals surface area contributed by atoms with Crippen LogP contribution < -0.4 is 10.5 Å². The number of ether oxygens (including phenoxy) is 1. The molecule has 2 aromatic heterocycles. The van der Waals surface area contributed by atoms with Gasteiger partial charge in [-0.2, -0.15) is 14.8 Å². The molecule has 2 aromatic carbocycles. The van der Waals surface area contributed by atoms with Crippen molar-refractivity contribution >= 4 is 22.8 Å². The first-order valence-corrected chi connectivity index (χ1v) is 13.2. The van der Waals surface area contributed by atoms with Crippen molar-refractivity contribution < 1.29 is 22.7 Å². The summed E-state index contributed by atoms with van der Waals surface area (Å²) >= 11 is 0. The molecular weight excluding hydrogens is 535 g/mol. The number of carbonyl (C=O) groups excluding carboxylic acids is 1. The number of nitrogen functional groups attached to an aromatic ring is 1. The summed E-state index contributed by atoms with van der Waals surface area (Å²) < 4.78 is 50.0. The molecule has 41 heavy (non-hydrogen) atoms. The first kappa shape index (κ1) is 26.3. The van der Waals surface area contributed by atoms with Crippen molar-refractivity contribution in [3.63, 3.8) is 0 Å². The maximum absolute atomic E-state index is 15.4. The van der Waals surface area contributed by atoms with Crippen LogP contribution in [0.3, 0.4) is 0 Å². The molecule has 1 amide bonds.